The molecule has 1 aliphatic heterocycles. The molecular formula is C22H30N2O5. The fourth-order valence-electron chi connectivity index (χ4n) is 3.08. The number of benzene rings is 1. The summed E-state index contributed by atoms with van der Waals surface area (Å²) in [5.74, 6) is -1.38. The highest BCUT2D eigenvalue weighted by Gasteiger charge is 2.24. The van der Waals surface area contributed by atoms with E-state index >= 15 is 0 Å². The number of aliphatic hydroxyl groups excluding tert-OH is 1. The zero-order chi connectivity index (χ0) is 21.1. The van der Waals surface area contributed by atoms with Gasteiger partial charge in [0, 0.05) is 18.9 Å². The van der Waals surface area contributed by atoms with Crippen molar-refractivity contribution in [1.29, 1.82) is 0 Å². The third kappa shape index (κ3) is 8.07. The predicted molar refractivity (Wildman–Crippen MR) is 109 cm³/mol. The molecule has 1 heterocycles. The molecule has 7 nitrogen and oxygen atoms in total. The number of carbonyl (C=O) groups is 3. The molecule has 1 aromatic rings. The number of allylic oxidation sites excluding steroid dienone is 2. The lowest BCUT2D eigenvalue weighted by Gasteiger charge is -2.21. The Bertz CT molecular complexity index is 704. The molecule has 158 valence electrons. The lowest BCUT2D eigenvalue weighted by atomic mass is 9.98. The number of esters is 1. The highest BCUT2D eigenvalue weighted by atomic mass is 16.5. The quantitative estimate of drug-likeness (QED) is 0.516. The molecule has 2 rings (SSSR count). The van der Waals surface area contributed by atoms with E-state index < -0.39 is 12.0 Å². The van der Waals surface area contributed by atoms with Crippen molar-refractivity contribution in [2.45, 2.75) is 51.2 Å². The number of nitrogens with one attached hydrogen (secondary N) is 2. The summed E-state index contributed by atoms with van der Waals surface area (Å²) < 4.78 is 5.60. The number of amides is 2. The highest BCUT2D eigenvalue weighted by molar-refractivity contribution is 5.86. The second-order valence-corrected chi connectivity index (χ2v) is 7.29. The summed E-state index contributed by atoms with van der Waals surface area (Å²) in [5, 5.41) is 14.6. The molecule has 0 unspecified atom stereocenters. The van der Waals surface area contributed by atoms with Gasteiger partial charge in [0.2, 0.25) is 11.8 Å². The molecule has 2 amide bonds. The molecule has 0 radical (unpaired) electrons. The van der Waals surface area contributed by atoms with Crippen molar-refractivity contribution in [2.24, 2.45) is 5.92 Å². The molecular weight excluding hydrogens is 372 g/mol. The van der Waals surface area contributed by atoms with Crippen LogP contribution in [0.2, 0.25) is 0 Å². The van der Waals surface area contributed by atoms with Crippen molar-refractivity contribution in [3.05, 3.63) is 48.0 Å². The molecule has 29 heavy (non-hydrogen) atoms. The summed E-state index contributed by atoms with van der Waals surface area (Å²) in [6, 6.07) is 8.92. The summed E-state index contributed by atoms with van der Waals surface area (Å²) in [5.41, 5.74) is 0.806. The number of ether oxygens (including phenoxy) is 1. The van der Waals surface area contributed by atoms with Crippen LogP contribution in [-0.2, 0) is 19.1 Å². The number of carbonyl (C=O) groups excluding carboxylic acids is 3. The molecule has 1 aromatic carbocycles. The van der Waals surface area contributed by atoms with Crippen molar-refractivity contribution < 1.29 is 24.2 Å². The molecule has 0 spiro atoms. The minimum atomic E-state index is -0.578. The Morgan fingerprint density at radius 1 is 1.28 bits per heavy atom. The van der Waals surface area contributed by atoms with Gasteiger partial charge in [-0.25, -0.2) is 0 Å². The first-order valence-electron chi connectivity index (χ1n) is 10.1. The van der Waals surface area contributed by atoms with Crippen LogP contribution in [-0.4, -0.2) is 42.1 Å². The van der Waals surface area contributed by atoms with Crippen molar-refractivity contribution >= 4 is 17.8 Å². The van der Waals surface area contributed by atoms with E-state index in [-0.39, 0.29) is 43.4 Å². The Balaban J connectivity index is 2.10. The van der Waals surface area contributed by atoms with Gasteiger partial charge in [0.15, 0.2) is 0 Å². The largest absolute Gasteiger partial charge is 0.456 e. The van der Waals surface area contributed by atoms with E-state index in [1.165, 1.54) is 0 Å². The van der Waals surface area contributed by atoms with Gasteiger partial charge >= 0.3 is 5.97 Å². The Morgan fingerprint density at radius 3 is 2.76 bits per heavy atom. The Kier molecular flexibility index (Phi) is 9.37. The molecule has 0 saturated carbocycles. The first kappa shape index (κ1) is 22.6. The number of aliphatic hydroxyl groups is 1. The number of hydrogen-bond acceptors (Lipinski definition) is 5. The lowest BCUT2D eigenvalue weighted by molar-refractivity contribution is -0.150. The van der Waals surface area contributed by atoms with Gasteiger partial charge in [-0.2, -0.15) is 0 Å². The molecule has 3 atom stereocenters. The van der Waals surface area contributed by atoms with Gasteiger partial charge in [0.05, 0.1) is 19.1 Å². The van der Waals surface area contributed by atoms with Gasteiger partial charge in [-0.1, -0.05) is 42.5 Å². The van der Waals surface area contributed by atoms with Crippen molar-refractivity contribution in [3.63, 3.8) is 0 Å². The minimum Gasteiger partial charge on any atom is -0.456 e. The van der Waals surface area contributed by atoms with Gasteiger partial charge in [0.25, 0.3) is 0 Å². The molecule has 0 fully saturated rings. The molecule has 1 aliphatic rings. The van der Waals surface area contributed by atoms with Crippen LogP contribution in [0, 0.1) is 5.92 Å². The van der Waals surface area contributed by atoms with Gasteiger partial charge in [-0.3, -0.25) is 14.4 Å². The summed E-state index contributed by atoms with van der Waals surface area (Å²) in [6.45, 7) is 1.68. The van der Waals surface area contributed by atoms with E-state index in [0.29, 0.717) is 25.7 Å². The fourth-order valence-corrected chi connectivity index (χ4v) is 3.08. The van der Waals surface area contributed by atoms with E-state index in [4.69, 9.17) is 9.84 Å². The normalized spacial score (nSPS) is 22.3. The molecule has 0 saturated heterocycles. The fraction of sp³-hybridized carbons (Fsp3) is 0.500. The van der Waals surface area contributed by atoms with Gasteiger partial charge in [-0.05, 0) is 31.7 Å². The van der Waals surface area contributed by atoms with Crippen LogP contribution in [0.15, 0.2) is 42.5 Å². The maximum absolute atomic E-state index is 12.8. The van der Waals surface area contributed by atoms with Crippen molar-refractivity contribution in [1.82, 2.24) is 10.6 Å². The molecule has 7 heteroatoms. The van der Waals surface area contributed by atoms with Gasteiger partial charge < -0.3 is 20.5 Å². The number of cyclic esters (lactones) is 1. The zero-order valence-corrected chi connectivity index (χ0v) is 16.8. The van der Waals surface area contributed by atoms with Crippen LogP contribution in [0.1, 0.15) is 50.7 Å². The minimum absolute atomic E-state index is 0.0241. The smallest absolute Gasteiger partial charge is 0.306 e. The third-order valence-corrected chi connectivity index (χ3v) is 4.73. The summed E-state index contributed by atoms with van der Waals surface area (Å²) in [6.07, 6.45) is 5.36. The molecule has 3 N–H and O–H groups in total. The van der Waals surface area contributed by atoms with Crippen LogP contribution < -0.4 is 10.6 Å². The van der Waals surface area contributed by atoms with Crippen molar-refractivity contribution in [3.8, 4) is 0 Å². The van der Waals surface area contributed by atoms with Crippen LogP contribution in [0.5, 0.6) is 0 Å². The molecule has 0 aromatic heterocycles. The van der Waals surface area contributed by atoms with E-state index in [2.05, 4.69) is 10.6 Å². The average Bonchev–Trinajstić information content (AvgIpc) is 2.73. The van der Waals surface area contributed by atoms with E-state index in [1.54, 1.807) is 6.92 Å². The second kappa shape index (κ2) is 12.0. The standard InChI is InChI=1S/C22H30N2O5/c1-16(15-25)24-20(26)13-18-11-5-2-3-8-12-21(27)29-19(14-23-22(18)28)17-9-6-4-7-10-17/h2,4-7,9-10,16,18-19,25H,3,8,11-15H2,1H3,(H,23,28)(H,24,26)/t16-,18-,19-/m1/s1. The Labute approximate surface area is 171 Å². The number of rotatable bonds is 5. The van der Waals surface area contributed by atoms with E-state index in [1.807, 2.05) is 42.5 Å². The maximum Gasteiger partial charge on any atom is 0.306 e. The first-order chi connectivity index (χ1) is 14.0. The van der Waals surface area contributed by atoms with E-state index in [0.717, 1.165) is 5.56 Å². The van der Waals surface area contributed by atoms with Gasteiger partial charge in [-0.15, -0.1) is 0 Å². The topological polar surface area (TPSA) is 105 Å². The maximum atomic E-state index is 12.8. The monoisotopic (exact) mass is 402 g/mol. The SMILES string of the molecule is C[C@H](CO)NC(=O)C[C@H]1CC=CCCCC(=O)O[C@@H](c2ccccc2)CNC1=O. The highest BCUT2D eigenvalue weighted by Crippen LogP contribution is 2.19. The first-order valence-corrected chi connectivity index (χ1v) is 10.1. The summed E-state index contributed by atoms with van der Waals surface area (Å²) in [4.78, 5) is 37.1. The van der Waals surface area contributed by atoms with Crippen LogP contribution in [0.25, 0.3) is 0 Å². The van der Waals surface area contributed by atoms with Gasteiger partial charge in [0.1, 0.15) is 6.10 Å². The van der Waals surface area contributed by atoms with E-state index in [9.17, 15) is 14.4 Å². The van der Waals surface area contributed by atoms with Crippen LogP contribution in [0.3, 0.4) is 0 Å². The second-order valence-electron chi connectivity index (χ2n) is 7.29. The summed E-state index contributed by atoms with van der Waals surface area (Å²) in [7, 11) is 0. The predicted octanol–water partition coefficient (Wildman–Crippen LogP) is 2.02. The lowest BCUT2D eigenvalue weighted by Crippen LogP contribution is -2.40. The summed E-state index contributed by atoms with van der Waals surface area (Å²) >= 11 is 0. The third-order valence-electron chi connectivity index (χ3n) is 4.73. The number of hydrogen-bond donors (Lipinski definition) is 3. The molecule has 0 bridgehead atoms. The van der Waals surface area contributed by atoms with Crippen LogP contribution in [0.4, 0.5) is 0 Å². The van der Waals surface area contributed by atoms with Crippen LogP contribution >= 0.6 is 0 Å². The Hall–Kier alpha value is -2.67. The average molecular weight is 402 g/mol. The molecule has 0 aliphatic carbocycles. The Morgan fingerprint density at radius 2 is 2.03 bits per heavy atom. The zero-order valence-electron chi connectivity index (χ0n) is 16.8. The van der Waals surface area contributed by atoms with Crippen molar-refractivity contribution in [2.75, 3.05) is 13.2 Å².